The average Bonchev–Trinajstić information content (AvgIpc) is 3.16. The molecule has 4 aromatic rings. The molecule has 17 nitrogen and oxygen atoms in total. The minimum Gasteiger partial charge on any atom is -0.443 e. The second-order valence-electron chi connectivity index (χ2n) is 24.3. The number of amidine groups is 1. The second-order valence-corrected chi connectivity index (χ2v) is 24.7. The Labute approximate surface area is 469 Å². The van der Waals surface area contributed by atoms with E-state index in [2.05, 4.69) is 35.0 Å². The molecule has 424 valence electrons. The normalized spacial score (nSPS) is 22.4. The van der Waals surface area contributed by atoms with E-state index in [0.717, 1.165) is 138 Å². The molecular weight excluding hydrogens is 1030 g/mol. The number of H-pyrrole nitrogens is 1. The lowest BCUT2D eigenvalue weighted by Crippen LogP contribution is -2.55. The fraction of sp³-hybridized carbons (Fsp3) is 0.617. The van der Waals surface area contributed by atoms with Crippen LogP contribution in [-0.2, 0) is 19.1 Å². The van der Waals surface area contributed by atoms with Crippen molar-refractivity contribution < 1.29 is 33.0 Å². The summed E-state index contributed by atoms with van der Waals surface area (Å²) in [7, 11) is 0. The first-order valence-corrected chi connectivity index (χ1v) is 29.7. The molecule has 0 bridgehead atoms. The minimum atomic E-state index is -0.670. The van der Waals surface area contributed by atoms with Crippen molar-refractivity contribution in [3.8, 4) is 0 Å². The van der Waals surface area contributed by atoms with Crippen molar-refractivity contribution in [3.05, 3.63) is 88.6 Å². The summed E-state index contributed by atoms with van der Waals surface area (Å²) < 4.78 is 28.1. The summed E-state index contributed by atoms with van der Waals surface area (Å²) in [6, 6.07) is 14.0. The zero-order chi connectivity index (χ0) is 54.8. The monoisotopic (exact) mass is 1100 g/mol. The van der Waals surface area contributed by atoms with E-state index in [1.807, 2.05) is 67.1 Å². The van der Waals surface area contributed by atoms with Gasteiger partial charge in [-0.2, -0.15) is 0 Å². The van der Waals surface area contributed by atoms with Gasteiger partial charge in [0.05, 0.1) is 35.7 Å². The molecule has 4 amide bonds. The number of carbonyl (C=O) groups is 4. The van der Waals surface area contributed by atoms with Gasteiger partial charge in [-0.15, -0.1) is 0 Å². The van der Waals surface area contributed by atoms with Gasteiger partial charge in [0.15, 0.2) is 0 Å². The number of piperidine rings is 3. The molecule has 2 atom stereocenters. The Balaban J connectivity index is 0.637. The molecular formula is C60H79ClFN11O6. The number of nitrogens with one attached hydrogen (secondary N) is 2. The number of rotatable bonds is 15. The van der Waals surface area contributed by atoms with E-state index in [1.165, 1.54) is 6.07 Å². The maximum absolute atomic E-state index is 15.5. The third kappa shape index (κ3) is 12.8. The molecule has 5 aliphatic heterocycles. The number of fused-ring (bicyclic) bond motifs is 1. The Morgan fingerprint density at radius 2 is 1.51 bits per heavy atom. The van der Waals surface area contributed by atoms with Gasteiger partial charge >= 0.3 is 6.09 Å². The quantitative estimate of drug-likeness (QED) is 0.109. The fourth-order valence-electron chi connectivity index (χ4n) is 13.0. The number of hydrogen-bond acceptors (Lipinski definition) is 12. The lowest BCUT2D eigenvalue weighted by molar-refractivity contribution is -0.140. The van der Waals surface area contributed by atoms with Crippen LogP contribution in [0.15, 0.2) is 66.0 Å². The molecule has 2 aromatic carbocycles. The number of hydrogen-bond donors (Lipinski definition) is 2. The van der Waals surface area contributed by atoms with Gasteiger partial charge in [0, 0.05) is 83.2 Å². The minimum absolute atomic E-state index is 0.0319. The van der Waals surface area contributed by atoms with Gasteiger partial charge in [-0.05, 0) is 139 Å². The maximum Gasteiger partial charge on any atom is 0.416 e. The Morgan fingerprint density at radius 1 is 0.810 bits per heavy atom. The summed E-state index contributed by atoms with van der Waals surface area (Å²) in [6.07, 6.45) is 15.3. The molecule has 2 N–H and O–H groups in total. The van der Waals surface area contributed by atoms with Gasteiger partial charge < -0.3 is 34.5 Å². The number of anilines is 1. The van der Waals surface area contributed by atoms with Gasteiger partial charge in [0.25, 0.3) is 5.91 Å². The van der Waals surface area contributed by atoms with E-state index >= 15 is 4.39 Å². The van der Waals surface area contributed by atoms with Crippen LogP contribution in [0.25, 0.3) is 11.0 Å². The number of aliphatic imine (C=N–C) groups is 1. The number of carbonyl (C=O) groups excluding carboxylic acids is 4. The Kier molecular flexibility index (Phi) is 16.6. The van der Waals surface area contributed by atoms with Crippen molar-refractivity contribution in [1.82, 2.24) is 44.8 Å². The van der Waals surface area contributed by atoms with Gasteiger partial charge in [-0.25, -0.2) is 24.1 Å². The number of piperazine rings is 1. The molecule has 2 aromatic heterocycles. The zero-order valence-corrected chi connectivity index (χ0v) is 47.1. The first-order chi connectivity index (χ1) is 38.2. The van der Waals surface area contributed by atoms with Crippen LogP contribution in [0.2, 0.25) is 5.02 Å². The van der Waals surface area contributed by atoms with Crippen LogP contribution in [-0.4, -0.2) is 177 Å². The van der Waals surface area contributed by atoms with Crippen molar-refractivity contribution >= 4 is 58.1 Å². The molecule has 19 heteroatoms. The second kappa shape index (κ2) is 23.8. The van der Waals surface area contributed by atoms with Crippen LogP contribution in [0, 0.1) is 11.7 Å². The number of amides is 4. The molecule has 5 saturated heterocycles. The molecule has 0 unspecified atom stereocenters. The van der Waals surface area contributed by atoms with Crippen LogP contribution in [0.1, 0.15) is 144 Å². The van der Waals surface area contributed by atoms with Crippen LogP contribution >= 0.6 is 11.6 Å². The predicted octanol–water partition coefficient (Wildman–Crippen LogP) is 8.74. The summed E-state index contributed by atoms with van der Waals surface area (Å²) in [5.41, 5.74) is 1.26. The largest absolute Gasteiger partial charge is 0.443 e. The highest BCUT2D eigenvalue weighted by molar-refractivity contribution is 6.30. The molecule has 79 heavy (non-hydrogen) atoms. The number of likely N-dealkylation sites (tertiary alicyclic amines) is 2. The van der Waals surface area contributed by atoms with Gasteiger partial charge in [0.2, 0.25) is 11.8 Å². The summed E-state index contributed by atoms with van der Waals surface area (Å²) >= 11 is 6.39. The molecule has 7 aliphatic rings. The van der Waals surface area contributed by atoms with Gasteiger partial charge in [-0.3, -0.25) is 29.2 Å². The van der Waals surface area contributed by atoms with Gasteiger partial charge in [0.1, 0.15) is 46.6 Å². The number of halogens is 2. The third-order valence-electron chi connectivity index (χ3n) is 17.8. The standard InChI is InChI=1S/C60H79ClFN11O6/c1-59(2,3)79-58(77)73-57(60(73)24-32-71(33-25-60)54-48-18-26-63-53(48)64-39-65-54)66-49(41-14-16-43(61)17-15-41)23-29-68-34-36-70(37-35-68)50(74)38-69-27-19-44(20-28-69)78-45-21-30-72(31-22-45)56(76)52(42-8-5-4-6-9-42)67-55(75)47-11-7-10-46(51(47)62)40-12-13-40/h7,10-11,14-18,26,39-40,42,44-45,49,52H,4-6,8-9,12-13,19-25,27-38H2,1-3H3,(H,67,75)(H,63,64,65)/t49-,52+,73?/m0/s1. The summed E-state index contributed by atoms with van der Waals surface area (Å²) in [6.45, 7) is 13.8. The van der Waals surface area contributed by atoms with Crippen LogP contribution in [0.4, 0.5) is 15.0 Å². The molecule has 1 spiro atoms. The Bertz CT molecular complexity index is 2840. The summed E-state index contributed by atoms with van der Waals surface area (Å²) in [5.74, 6) is 1.02. The van der Waals surface area contributed by atoms with Gasteiger partial charge in [-0.1, -0.05) is 55.1 Å². The average molecular weight is 1100 g/mol. The predicted molar refractivity (Wildman–Crippen MR) is 302 cm³/mol. The lowest BCUT2D eigenvalue weighted by Gasteiger charge is -2.40. The summed E-state index contributed by atoms with van der Waals surface area (Å²) in [4.78, 5) is 85.7. The zero-order valence-electron chi connectivity index (χ0n) is 46.4. The van der Waals surface area contributed by atoms with Crippen molar-refractivity contribution in [3.63, 3.8) is 0 Å². The Hall–Kier alpha value is -5.69. The number of aromatic amines is 1. The molecule has 11 rings (SSSR count). The van der Waals surface area contributed by atoms with E-state index in [-0.39, 0.29) is 53.6 Å². The summed E-state index contributed by atoms with van der Waals surface area (Å²) in [5, 5.41) is 4.66. The smallest absolute Gasteiger partial charge is 0.416 e. The molecule has 2 saturated carbocycles. The molecule has 0 radical (unpaired) electrons. The number of nitrogens with zero attached hydrogens (tertiary/aromatic N) is 9. The Morgan fingerprint density at radius 3 is 2.19 bits per heavy atom. The first kappa shape index (κ1) is 55.2. The highest BCUT2D eigenvalue weighted by atomic mass is 35.5. The number of ether oxygens (including phenoxy) is 2. The van der Waals surface area contributed by atoms with Crippen LogP contribution < -0.4 is 10.2 Å². The molecule has 7 heterocycles. The van der Waals surface area contributed by atoms with Crippen molar-refractivity contribution in [2.75, 3.05) is 83.4 Å². The highest BCUT2D eigenvalue weighted by Crippen LogP contribution is 2.48. The van der Waals surface area contributed by atoms with Crippen LogP contribution in [0.5, 0.6) is 0 Å². The third-order valence-corrected chi connectivity index (χ3v) is 18.0. The van der Waals surface area contributed by atoms with Crippen molar-refractivity contribution in [1.29, 1.82) is 0 Å². The first-order valence-electron chi connectivity index (χ1n) is 29.4. The fourth-order valence-corrected chi connectivity index (χ4v) is 13.2. The number of benzene rings is 2. The van der Waals surface area contributed by atoms with Crippen molar-refractivity contribution in [2.24, 2.45) is 10.9 Å². The van der Waals surface area contributed by atoms with E-state index < -0.39 is 28.9 Å². The molecule has 7 fully saturated rings. The SMILES string of the molecule is CC(C)(C)OC(=O)N1C(=N[C@@H](CCN2CCN(C(=O)CN3CCC(OC4CCN(C(=O)[C@H](NC(=O)c5cccc(C6CC6)c5F)C5CCCCC5)CC4)CC3)CC2)c2ccc(Cl)cc2)C12CCN(c1ncnc3[nH]ccc13)CC2. The number of aromatic nitrogens is 3. The topological polar surface area (TPSA) is 172 Å². The van der Waals surface area contributed by atoms with E-state index in [0.29, 0.717) is 69.2 Å². The van der Waals surface area contributed by atoms with E-state index in [9.17, 15) is 19.2 Å². The molecule has 2 aliphatic carbocycles. The van der Waals surface area contributed by atoms with Crippen molar-refractivity contribution in [2.45, 2.75) is 152 Å². The van der Waals surface area contributed by atoms with E-state index in [4.69, 9.17) is 26.1 Å². The maximum atomic E-state index is 15.5. The highest BCUT2D eigenvalue weighted by Gasteiger charge is 2.65. The van der Waals surface area contributed by atoms with E-state index in [1.54, 1.807) is 23.4 Å². The lowest BCUT2D eigenvalue weighted by atomic mass is 9.83. The van der Waals surface area contributed by atoms with Crippen LogP contribution in [0.3, 0.4) is 0 Å².